The summed E-state index contributed by atoms with van der Waals surface area (Å²) in [6.45, 7) is 3.59. The Kier molecular flexibility index (Phi) is 6.43. The fourth-order valence-corrected chi connectivity index (χ4v) is 3.58. The molecule has 0 saturated heterocycles. The van der Waals surface area contributed by atoms with Crippen LogP contribution in [0.3, 0.4) is 0 Å². The van der Waals surface area contributed by atoms with Crippen LogP contribution in [0.2, 0.25) is 5.02 Å². The zero-order valence-corrected chi connectivity index (χ0v) is 18.8. The maximum absolute atomic E-state index is 13.9. The van der Waals surface area contributed by atoms with Crippen LogP contribution < -0.4 is 5.32 Å². The molecule has 1 N–H and O–H groups in total. The van der Waals surface area contributed by atoms with Gasteiger partial charge in [-0.15, -0.1) is 0 Å². The SMILES string of the molecule is Cc1nn(Cc2cccc(C(=O)Nc3cnn(Cc4c(F)cc(F)c(F)c4F)c3)c2)c(C)c1Cl. The molecule has 1 amide bonds. The molecule has 0 saturated carbocycles. The molecule has 0 unspecified atom stereocenters. The lowest BCUT2D eigenvalue weighted by molar-refractivity contribution is 0.102. The number of aryl methyl sites for hydroxylation is 1. The van der Waals surface area contributed by atoms with Gasteiger partial charge >= 0.3 is 0 Å². The molecule has 0 atom stereocenters. The average molecular weight is 492 g/mol. The quantitative estimate of drug-likeness (QED) is 0.227. The zero-order valence-electron chi connectivity index (χ0n) is 18.0. The molecule has 0 spiro atoms. The Morgan fingerprint density at radius 2 is 1.82 bits per heavy atom. The summed E-state index contributed by atoms with van der Waals surface area (Å²) in [6.07, 6.45) is 2.59. The van der Waals surface area contributed by atoms with Gasteiger partial charge in [0.25, 0.3) is 5.91 Å². The number of benzene rings is 2. The summed E-state index contributed by atoms with van der Waals surface area (Å²) in [6, 6.07) is 7.19. The summed E-state index contributed by atoms with van der Waals surface area (Å²) in [5, 5.41) is 11.5. The Balaban J connectivity index is 1.47. The van der Waals surface area contributed by atoms with Crippen LogP contribution in [0, 0.1) is 37.1 Å². The Morgan fingerprint density at radius 3 is 2.53 bits per heavy atom. The first-order valence-corrected chi connectivity index (χ1v) is 10.5. The normalized spacial score (nSPS) is 11.1. The van der Waals surface area contributed by atoms with Crippen LogP contribution in [-0.2, 0) is 13.1 Å². The van der Waals surface area contributed by atoms with Crippen molar-refractivity contribution >= 4 is 23.2 Å². The molecular formula is C23H18ClF4N5O. The molecule has 0 aliphatic heterocycles. The number of carbonyl (C=O) groups excluding carboxylic acids is 1. The number of aromatic nitrogens is 4. The van der Waals surface area contributed by atoms with Gasteiger partial charge in [0.15, 0.2) is 17.5 Å². The zero-order chi connectivity index (χ0) is 24.6. The second-order valence-corrected chi connectivity index (χ2v) is 8.05. The van der Waals surface area contributed by atoms with Crippen molar-refractivity contribution < 1.29 is 22.4 Å². The molecule has 2 heterocycles. The molecule has 4 rings (SSSR count). The van der Waals surface area contributed by atoms with Crippen molar-refractivity contribution in [2.75, 3.05) is 5.32 Å². The Morgan fingerprint density at radius 1 is 1.06 bits per heavy atom. The van der Waals surface area contributed by atoms with Gasteiger partial charge < -0.3 is 5.32 Å². The number of nitrogens with one attached hydrogen (secondary N) is 1. The number of nitrogens with zero attached hydrogens (tertiary/aromatic N) is 4. The van der Waals surface area contributed by atoms with Gasteiger partial charge in [-0.05, 0) is 31.5 Å². The van der Waals surface area contributed by atoms with Crippen LogP contribution in [-0.4, -0.2) is 25.5 Å². The molecule has 6 nitrogen and oxygen atoms in total. The molecule has 4 aromatic rings. The van der Waals surface area contributed by atoms with Crippen LogP contribution >= 0.6 is 11.6 Å². The molecule has 0 aliphatic rings. The van der Waals surface area contributed by atoms with Gasteiger partial charge in [-0.2, -0.15) is 10.2 Å². The van der Waals surface area contributed by atoms with Gasteiger partial charge in [0.1, 0.15) is 5.82 Å². The van der Waals surface area contributed by atoms with E-state index in [1.54, 1.807) is 22.9 Å². The van der Waals surface area contributed by atoms with E-state index in [2.05, 4.69) is 15.5 Å². The van der Waals surface area contributed by atoms with Gasteiger partial charge in [0, 0.05) is 23.4 Å². The van der Waals surface area contributed by atoms with Gasteiger partial charge in [-0.25, -0.2) is 17.6 Å². The summed E-state index contributed by atoms with van der Waals surface area (Å²) >= 11 is 6.19. The molecule has 11 heteroatoms. The van der Waals surface area contributed by atoms with Crippen LogP contribution in [0.15, 0.2) is 42.7 Å². The third kappa shape index (κ3) is 4.67. The van der Waals surface area contributed by atoms with Crippen LogP contribution in [0.25, 0.3) is 0 Å². The highest BCUT2D eigenvalue weighted by Crippen LogP contribution is 2.22. The first-order valence-electron chi connectivity index (χ1n) is 10.1. The lowest BCUT2D eigenvalue weighted by atomic mass is 10.1. The number of hydrogen-bond donors (Lipinski definition) is 1. The highest BCUT2D eigenvalue weighted by Gasteiger charge is 2.20. The van der Waals surface area contributed by atoms with E-state index in [4.69, 9.17) is 11.6 Å². The van der Waals surface area contributed by atoms with Crippen LogP contribution in [0.5, 0.6) is 0 Å². The largest absolute Gasteiger partial charge is 0.319 e. The van der Waals surface area contributed by atoms with Gasteiger partial charge in [0.2, 0.25) is 0 Å². The first kappa shape index (κ1) is 23.5. The average Bonchev–Trinajstić information content (AvgIpc) is 3.34. The Bertz CT molecular complexity index is 1400. The van der Waals surface area contributed by atoms with E-state index in [1.165, 1.54) is 12.4 Å². The number of amides is 1. The molecule has 2 aromatic carbocycles. The van der Waals surface area contributed by atoms with Gasteiger partial charge in [-0.3, -0.25) is 14.2 Å². The molecule has 2 aromatic heterocycles. The standard InChI is InChI=1S/C23H18ClF4N5O/c1-12-20(24)13(2)33(31-12)9-14-4-3-5-15(6-14)23(34)30-16-8-29-32(10-16)11-17-18(25)7-19(26)22(28)21(17)27/h3-8,10H,9,11H2,1-2H3,(H,30,34). The van der Waals surface area contributed by atoms with E-state index in [1.807, 2.05) is 19.9 Å². The summed E-state index contributed by atoms with van der Waals surface area (Å²) in [5.41, 5.74) is 2.30. The molecule has 0 fully saturated rings. The van der Waals surface area contributed by atoms with Crippen molar-refractivity contribution in [2.45, 2.75) is 26.9 Å². The van der Waals surface area contributed by atoms with E-state index in [9.17, 15) is 22.4 Å². The summed E-state index contributed by atoms with van der Waals surface area (Å²) in [5.74, 6) is -6.68. The minimum Gasteiger partial charge on any atom is -0.319 e. The van der Waals surface area contributed by atoms with Gasteiger partial charge in [-0.1, -0.05) is 23.7 Å². The summed E-state index contributed by atoms with van der Waals surface area (Å²) in [7, 11) is 0. The number of hydrogen-bond acceptors (Lipinski definition) is 3. The molecule has 0 aliphatic carbocycles. The second kappa shape index (κ2) is 9.30. The third-order valence-electron chi connectivity index (χ3n) is 5.23. The highest BCUT2D eigenvalue weighted by atomic mass is 35.5. The number of carbonyl (C=O) groups is 1. The molecule has 34 heavy (non-hydrogen) atoms. The lowest BCUT2D eigenvalue weighted by Crippen LogP contribution is -2.12. The van der Waals surface area contributed by atoms with Gasteiger partial charge in [0.05, 0.1) is 41.4 Å². The maximum atomic E-state index is 13.9. The van der Waals surface area contributed by atoms with Crippen molar-refractivity contribution in [1.29, 1.82) is 0 Å². The molecule has 176 valence electrons. The predicted molar refractivity (Wildman–Crippen MR) is 118 cm³/mol. The van der Waals surface area contributed by atoms with Crippen molar-refractivity contribution in [1.82, 2.24) is 19.6 Å². The smallest absolute Gasteiger partial charge is 0.255 e. The maximum Gasteiger partial charge on any atom is 0.255 e. The van der Waals surface area contributed by atoms with Crippen LogP contribution in [0.4, 0.5) is 23.2 Å². The summed E-state index contributed by atoms with van der Waals surface area (Å²) in [4.78, 5) is 12.7. The second-order valence-electron chi connectivity index (χ2n) is 7.67. The van der Waals surface area contributed by atoms with E-state index >= 15 is 0 Å². The highest BCUT2D eigenvalue weighted by molar-refractivity contribution is 6.31. The van der Waals surface area contributed by atoms with E-state index in [0.29, 0.717) is 22.8 Å². The fourth-order valence-electron chi connectivity index (χ4n) is 3.44. The lowest BCUT2D eigenvalue weighted by Gasteiger charge is -2.08. The van der Waals surface area contributed by atoms with Crippen molar-refractivity contribution in [3.8, 4) is 0 Å². The molecular weight excluding hydrogens is 474 g/mol. The predicted octanol–water partition coefficient (Wildman–Crippen LogP) is 5.26. The van der Waals surface area contributed by atoms with Crippen LogP contribution in [0.1, 0.15) is 32.9 Å². The molecule has 0 bridgehead atoms. The van der Waals surface area contributed by atoms with E-state index in [-0.39, 0.29) is 11.8 Å². The van der Waals surface area contributed by atoms with E-state index in [0.717, 1.165) is 15.9 Å². The molecule has 0 radical (unpaired) electrons. The fraction of sp³-hybridized carbons (Fsp3) is 0.174. The third-order valence-corrected chi connectivity index (χ3v) is 5.78. The Labute approximate surface area is 196 Å². The van der Waals surface area contributed by atoms with Crippen molar-refractivity contribution in [3.63, 3.8) is 0 Å². The Hall–Kier alpha value is -3.66. The van der Waals surface area contributed by atoms with Crippen molar-refractivity contribution in [2.24, 2.45) is 0 Å². The van der Waals surface area contributed by atoms with Crippen molar-refractivity contribution in [3.05, 3.63) is 99.1 Å². The number of halogens is 5. The summed E-state index contributed by atoms with van der Waals surface area (Å²) < 4.78 is 57.2. The monoisotopic (exact) mass is 491 g/mol. The first-order chi connectivity index (χ1) is 16.1. The minimum atomic E-state index is -1.76. The number of rotatable bonds is 6. The minimum absolute atomic E-state index is 0.254. The van der Waals surface area contributed by atoms with E-state index < -0.39 is 41.3 Å². The number of anilines is 1. The topological polar surface area (TPSA) is 64.7 Å².